The molecule has 112 valence electrons. The fraction of sp³-hybridized carbons (Fsp3) is 0.500. The number of nitrogens with two attached hydrogens (primary N) is 1. The molecule has 0 radical (unpaired) electrons. The van der Waals surface area contributed by atoms with Crippen LogP contribution in [0, 0.1) is 6.92 Å². The molecular weight excluding hydrogens is 274 g/mol. The molecule has 0 saturated heterocycles. The van der Waals surface area contributed by atoms with Crippen LogP contribution in [0.2, 0.25) is 0 Å². The first-order valence-corrected chi connectivity index (χ1v) is 8.18. The number of nitrogens with zero attached hydrogens (tertiary/aromatic N) is 1. The van der Waals surface area contributed by atoms with E-state index in [9.17, 15) is 4.21 Å². The zero-order valence-electron chi connectivity index (χ0n) is 12.2. The monoisotopic (exact) mass is 297 g/mol. The maximum absolute atomic E-state index is 11.2. The first-order valence-electron chi connectivity index (χ1n) is 6.56. The summed E-state index contributed by atoms with van der Waals surface area (Å²) in [5.74, 6) is 0.117. The van der Waals surface area contributed by atoms with Gasteiger partial charge in [0.2, 0.25) is 0 Å². The number of hydrogen-bond donors (Lipinski definition) is 3. The summed E-state index contributed by atoms with van der Waals surface area (Å²) in [6.07, 6.45) is 2.63. The van der Waals surface area contributed by atoms with Gasteiger partial charge in [-0.3, -0.25) is 4.21 Å². The van der Waals surface area contributed by atoms with E-state index in [1.807, 2.05) is 32.0 Å². The fourth-order valence-electron chi connectivity index (χ4n) is 1.81. The third kappa shape index (κ3) is 4.94. The Labute approximate surface area is 122 Å². The molecule has 1 aromatic rings. The van der Waals surface area contributed by atoms with E-state index in [2.05, 4.69) is 10.5 Å². The number of hydrogen-bond acceptors (Lipinski definition) is 4. The van der Waals surface area contributed by atoms with Gasteiger partial charge in [0.15, 0.2) is 5.84 Å². The zero-order chi connectivity index (χ0) is 15.1. The number of amidine groups is 1. The smallest absolute Gasteiger partial charge is 0.170 e. The van der Waals surface area contributed by atoms with Crippen molar-refractivity contribution in [2.45, 2.75) is 32.1 Å². The van der Waals surface area contributed by atoms with Gasteiger partial charge in [-0.15, -0.1) is 0 Å². The molecule has 0 fully saturated rings. The van der Waals surface area contributed by atoms with Crippen molar-refractivity contribution in [3.8, 4) is 0 Å². The number of nitrogens with one attached hydrogen (secondary N) is 1. The predicted molar refractivity (Wildman–Crippen MR) is 83.5 cm³/mol. The van der Waals surface area contributed by atoms with Crippen LogP contribution in [0.15, 0.2) is 23.4 Å². The zero-order valence-corrected chi connectivity index (χ0v) is 13.0. The molecule has 0 aliphatic carbocycles. The number of aryl methyl sites for hydroxylation is 1. The van der Waals surface area contributed by atoms with Gasteiger partial charge in [0, 0.05) is 34.4 Å². The molecular formula is C14H23N3O2S. The van der Waals surface area contributed by atoms with Crippen LogP contribution in [0.3, 0.4) is 0 Å². The van der Waals surface area contributed by atoms with Crippen molar-refractivity contribution < 1.29 is 9.42 Å². The van der Waals surface area contributed by atoms with Crippen LogP contribution in [0.5, 0.6) is 0 Å². The molecule has 2 unspecified atom stereocenters. The molecule has 0 bridgehead atoms. The van der Waals surface area contributed by atoms with Gasteiger partial charge in [-0.2, -0.15) is 0 Å². The van der Waals surface area contributed by atoms with Crippen molar-refractivity contribution in [1.29, 1.82) is 0 Å². The van der Waals surface area contributed by atoms with E-state index >= 15 is 0 Å². The van der Waals surface area contributed by atoms with E-state index in [1.165, 1.54) is 5.56 Å². The average Bonchev–Trinajstić information content (AvgIpc) is 2.43. The summed E-state index contributed by atoms with van der Waals surface area (Å²) < 4.78 is 11.2. The second-order valence-corrected chi connectivity index (χ2v) is 6.70. The first-order chi connectivity index (χ1) is 9.45. The minimum atomic E-state index is -0.763. The van der Waals surface area contributed by atoms with E-state index in [0.29, 0.717) is 5.56 Å². The number of oxime groups is 1. The van der Waals surface area contributed by atoms with Crippen molar-refractivity contribution in [2.75, 3.05) is 12.8 Å². The Bertz CT molecular complexity index is 503. The molecule has 2 atom stereocenters. The van der Waals surface area contributed by atoms with Gasteiger partial charge in [-0.05, 0) is 37.1 Å². The van der Waals surface area contributed by atoms with Crippen LogP contribution in [0.4, 0.5) is 0 Å². The molecule has 1 aromatic carbocycles. The Morgan fingerprint density at radius 2 is 2.25 bits per heavy atom. The van der Waals surface area contributed by atoms with Crippen LogP contribution in [-0.2, 0) is 17.3 Å². The minimum Gasteiger partial charge on any atom is -0.409 e. The summed E-state index contributed by atoms with van der Waals surface area (Å²) in [4.78, 5) is 0. The highest BCUT2D eigenvalue weighted by Crippen LogP contribution is 2.11. The number of benzene rings is 1. The second kappa shape index (κ2) is 8.01. The summed E-state index contributed by atoms with van der Waals surface area (Å²) in [5, 5.41) is 15.2. The van der Waals surface area contributed by atoms with Crippen LogP contribution in [0.25, 0.3) is 0 Å². The lowest BCUT2D eigenvalue weighted by Gasteiger charge is -2.11. The molecule has 0 aliphatic heterocycles. The van der Waals surface area contributed by atoms with Crippen LogP contribution in [0.1, 0.15) is 30.0 Å². The van der Waals surface area contributed by atoms with Gasteiger partial charge < -0.3 is 16.3 Å². The molecule has 0 heterocycles. The SMILES string of the molecule is Cc1cc(/C(N)=N/O)ccc1CNCCC(C)S(C)=O. The summed E-state index contributed by atoms with van der Waals surface area (Å²) in [6, 6.07) is 5.70. The highest BCUT2D eigenvalue weighted by Gasteiger charge is 2.06. The van der Waals surface area contributed by atoms with Crippen molar-refractivity contribution in [3.63, 3.8) is 0 Å². The molecule has 0 saturated carbocycles. The van der Waals surface area contributed by atoms with E-state index in [4.69, 9.17) is 10.9 Å². The highest BCUT2D eigenvalue weighted by atomic mass is 32.2. The first kappa shape index (κ1) is 16.7. The van der Waals surface area contributed by atoms with Crippen LogP contribution < -0.4 is 11.1 Å². The van der Waals surface area contributed by atoms with Gasteiger partial charge in [0.05, 0.1) is 0 Å². The molecule has 0 spiro atoms. The largest absolute Gasteiger partial charge is 0.409 e. The Morgan fingerprint density at radius 1 is 1.55 bits per heavy atom. The molecule has 1 rings (SSSR count). The highest BCUT2D eigenvalue weighted by molar-refractivity contribution is 7.84. The molecule has 0 amide bonds. The maximum atomic E-state index is 11.2. The van der Waals surface area contributed by atoms with Gasteiger partial charge in [0.1, 0.15) is 0 Å². The summed E-state index contributed by atoms with van der Waals surface area (Å²) in [6.45, 7) is 5.58. The predicted octanol–water partition coefficient (Wildman–Crippen LogP) is 1.34. The fourth-order valence-corrected chi connectivity index (χ4v) is 2.26. The second-order valence-electron chi connectivity index (χ2n) is 4.90. The van der Waals surface area contributed by atoms with Crippen LogP contribution >= 0.6 is 0 Å². The Hall–Kier alpha value is -1.40. The summed E-state index contributed by atoms with van der Waals surface area (Å²) in [5.41, 5.74) is 8.53. The van der Waals surface area contributed by atoms with Crippen molar-refractivity contribution >= 4 is 16.6 Å². The standard InChI is InChI=1S/C14H23N3O2S/c1-10-8-12(14(15)17-18)4-5-13(10)9-16-7-6-11(2)20(3)19/h4-5,8,11,16,18H,6-7,9H2,1-3H3,(H2,15,17). The number of rotatable bonds is 7. The van der Waals surface area contributed by atoms with Crippen molar-refractivity contribution in [2.24, 2.45) is 10.9 Å². The van der Waals surface area contributed by atoms with Crippen molar-refractivity contribution in [1.82, 2.24) is 5.32 Å². The molecule has 4 N–H and O–H groups in total. The topological polar surface area (TPSA) is 87.7 Å². The Kier molecular flexibility index (Phi) is 6.67. The quantitative estimate of drug-likeness (QED) is 0.233. The molecule has 0 aliphatic rings. The van der Waals surface area contributed by atoms with Gasteiger partial charge in [-0.25, -0.2) is 0 Å². The Balaban J connectivity index is 2.51. The average molecular weight is 297 g/mol. The van der Waals surface area contributed by atoms with Gasteiger partial charge in [0.25, 0.3) is 0 Å². The van der Waals surface area contributed by atoms with E-state index < -0.39 is 10.8 Å². The van der Waals surface area contributed by atoms with Gasteiger partial charge in [-0.1, -0.05) is 24.2 Å². The lowest BCUT2D eigenvalue weighted by molar-refractivity contribution is 0.318. The summed E-state index contributed by atoms with van der Waals surface area (Å²) >= 11 is 0. The Morgan fingerprint density at radius 3 is 2.80 bits per heavy atom. The van der Waals surface area contributed by atoms with E-state index in [-0.39, 0.29) is 11.1 Å². The van der Waals surface area contributed by atoms with E-state index in [0.717, 1.165) is 25.1 Å². The van der Waals surface area contributed by atoms with E-state index in [1.54, 1.807) is 6.26 Å². The minimum absolute atomic E-state index is 0.117. The van der Waals surface area contributed by atoms with Crippen LogP contribution in [-0.4, -0.2) is 33.3 Å². The summed E-state index contributed by atoms with van der Waals surface area (Å²) in [7, 11) is -0.763. The normalized spacial score (nSPS) is 15.1. The molecule has 20 heavy (non-hydrogen) atoms. The van der Waals surface area contributed by atoms with Gasteiger partial charge >= 0.3 is 0 Å². The third-order valence-corrected chi connectivity index (χ3v) is 4.72. The molecule has 5 nitrogen and oxygen atoms in total. The molecule has 0 aromatic heterocycles. The lowest BCUT2D eigenvalue weighted by atomic mass is 10.0. The lowest BCUT2D eigenvalue weighted by Crippen LogP contribution is -2.21. The maximum Gasteiger partial charge on any atom is 0.170 e. The van der Waals surface area contributed by atoms with Crippen molar-refractivity contribution in [3.05, 3.63) is 34.9 Å². The third-order valence-electron chi connectivity index (χ3n) is 3.36. The molecule has 6 heteroatoms.